The number of rotatable bonds is 8. The maximum atomic E-state index is 13.3. The molecule has 1 N–H and O–H groups in total. The highest BCUT2D eigenvalue weighted by molar-refractivity contribution is 7.89. The van der Waals surface area contributed by atoms with Gasteiger partial charge in [-0.3, -0.25) is 4.79 Å². The summed E-state index contributed by atoms with van der Waals surface area (Å²) in [6, 6.07) is 9.92. The number of benzene rings is 1. The van der Waals surface area contributed by atoms with Gasteiger partial charge in [-0.05, 0) is 51.0 Å². The third-order valence-corrected chi connectivity index (χ3v) is 7.53. The number of hydrogen-bond acceptors (Lipinski definition) is 3. The molecular formula is C21H34N2O3S. The van der Waals surface area contributed by atoms with Gasteiger partial charge in [-0.1, -0.05) is 44.2 Å². The van der Waals surface area contributed by atoms with E-state index in [1.807, 2.05) is 30.3 Å². The number of amides is 1. The van der Waals surface area contributed by atoms with Crippen LogP contribution < -0.4 is 5.32 Å². The van der Waals surface area contributed by atoms with Crippen LogP contribution in [0.1, 0.15) is 58.9 Å². The zero-order valence-corrected chi connectivity index (χ0v) is 17.9. The molecule has 1 aliphatic heterocycles. The summed E-state index contributed by atoms with van der Waals surface area (Å²) in [5, 5.41) is 3.20. The number of carbonyl (C=O) groups excluding carboxylic acids is 1. The molecule has 1 unspecified atom stereocenters. The summed E-state index contributed by atoms with van der Waals surface area (Å²) in [5.41, 5.74) is 0.319. The topological polar surface area (TPSA) is 66.5 Å². The molecule has 0 bridgehead atoms. The van der Waals surface area contributed by atoms with Gasteiger partial charge in [0.05, 0.1) is 11.2 Å². The van der Waals surface area contributed by atoms with Crippen molar-refractivity contribution in [3.05, 3.63) is 35.9 Å². The second kappa shape index (κ2) is 9.20. The molecule has 0 aromatic heterocycles. The zero-order chi connectivity index (χ0) is 20.1. The molecule has 6 heteroatoms. The van der Waals surface area contributed by atoms with E-state index in [9.17, 15) is 13.2 Å². The van der Waals surface area contributed by atoms with E-state index in [1.54, 1.807) is 6.92 Å². The molecule has 1 aromatic carbocycles. The number of carbonyl (C=O) groups is 1. The summed E-state index contributed by atoms with van der Waals surface area (Å²) < 4.78 is 26.0. The highest BCUT2D eigenvalue weighted by Gasteiger charge is 2.44. The van der Waals surface area contributed by atoms with Crippen molar-refractivity contribution < 1.29 is 13.2 Å². The third-order valence-electron chi connectivity index (χ3n) is 5.65. The summed E-state index contributed by atoms with van der Waals surface area (Å²) in [6.07, 6.45) is 3.05. The van der Waals surface area contributed by atoms with Crippen LogP contribution in [-0.2, 0) is 20.2 Å². The molecule has 27 heavy (non-hydrogen) atoms. The van der Waals surface area contributed by atoms with Gasteiger partial charge in [0.15, 0.2) is 0 Å². The molecule has 5 nitrogen and oxygen atoms in total. The van der Waals surface area contributed by atoms with Crippen LogP contribution in [0, 0.1) is 5.92 Å². The van der Waals surface area contributed by atoms with Crippen LogP contribution in [-0.4, -0.2) is 43.5 Å². The van der Waals surface area contributed by atoms with E-state index in [0.717, 1.165) is 18.4 Å². The minimum Gasteiger partial charge on any atom is -0.353 e. The SMILES string of the molecule is CCS(=O)(=O)N1CCC(C(=O)NC(C)CCC(C)C)(c2ccccc2)CC1. The van der Waals surface area contributed by atoms with Crippen molar-refractivity contribution in [3.63, 3.8) is 0 Å². The first kappa shape index (κ1) is 21.9. The van der Waals surface area contributed by atoms with Crippen LogP contribution in [0.3, 0.4) is 0 Å². The van der Waals surface area contributed by atoms with E-state index in [4.69, 9.17) is 0 Å². The second-order valence-electron chi connectivity index (χ2n) is 8.09. The highest BCUT2D eigenvalue weighted by atomic mass is 32.2. The van der Waals surface area contributed by atoms with Crippen molar-refractivity contribution >= 4 is 15.9 Å². The van der Waals surface area contributed by atoms with Crippen molar-refractivity contribution in [3.8, 4) is 0 Å². The summed E-state index contributed by atoms with van der Waals surface area (Å²) in [7, 11) is -3.22. The van der Waals surface area contributed by atoms with Crippen LogP contribution in [0.2, 0.25) is 0 Å². The van der Waals surface area contributed by atoms with Crippen molar-refractivity contribution in [1.82, 2.24) is 9.62 Å². The fourth-order valence-corrected chi connectivity index (χ4v) is 4.85. The molecule has 1 amide bonds. The molecule has 1 aromatic rings. The monoisotopic (exact) mass is 394 g/mol. The zero-order valence-electron chi connectivity index (χ0n) is 17.1. The van der Waals surface area contributed by atoms with Gasteiger partial charge >= 0.3 is 0 Å². The van der Waals surface area contributed by atoms with E-state index < -0.39 is 15.4 Å². The van der Waals surface area contributed by atoms with Crippen molar-refractivity contribution in [2.45, 2.75) is 64.8 Å². The predicted octanol–water partition coefficient (Wildman–Crippen LogP) is 3.31. The fraction of sp³-hybridized carbons (Fsp3) is 0.667. The van der Waals surface area contributed by atoms with Crippen LogP contribution in [0.25, 0.3) is 0 Å². The average Bonchev–Trinajstić information content (AvgIpc) is 2.67. The molecule has 0 aliphatic carbocycles. The first-order chi connectivity index (χ1) is 12.7. The quantitative estimate of drug-likeness (QED) is 0.736. The van der Waals surface area contributed by atoms with Gasteiger partial charge in [0.2, 0.25) is 15.9 Å². The van der Waals surface area contributed by atoms with E-state index in [-0.39, 0.29) is 17.7 Å². The van der Waals surface area contributed by atoms with Crippen LogP contribution in [0.4, 0.5) is 0 Å². The first-order valence-electron chi connectivity index (χ1n) is 10.1. The van der Waals surface area contributed by atoms with Gasteiger partial charge in [0.1, 0.15) is 0 Å². The van der Waals surface area contributed by atoms with E-state index in [1.165, 1.54) is 4.31 Å². The van der Waals surface area contributed by atoms with E-state index in [0.29, 0.717) is 31.8 Å². The Balaban J connectivity index is 2.20. The lowest BCUT2D eigenvalue weighted by Gasteiger charge is -2.41. The normalized spacial score (nSPS) is 19.0. The van der Waals surface area contributed by atoms with Crippen LogP contribution in [0.5, 0.6) is 0 Å². The Hall–Kier alpha value is -1.40. The molecule has 1 aliphatic rings. The minimum absolute atomic E-state index is 0.0264. The lowest BCUT2D eigenvalue weighted by Crippen LogP contribution is -2.54. The summed E-state index contributed by atoms with van der Waals surface area (Å²) >= 11 is 0. The van der Waals surface area contributed by atoms with Gasteiger partial charge in [-0.2, -0.15) is 0 Å². The predicted molar refractivity (Wildman–Crippen MR) is 110 cm³/mol. The number of nitrogens with one attached hydrogen (secondary N) is 1. The highest BCUT2D eigenvalue weighted by Crippen LogP contribution is 2.37. The maximum Gasteiger partial charge on any atom is 0.230 e. The maximum absolute atomic E-state index is 13.3. The summed E-state index contributed by atoms with van der Waals surface area (Å²) in [4.78, 5) is 13.3. The van der Waals surface area contributed by atoms with Gasteiger partial charge in [-0.15, -0.1) is 0 Å². The first-order valence-corrected chi connectivity index (χ1v) is 11.7. The molecule has 2 rings (SSSR count). The van der Waals surface area contributed by atoms with Crippen molar-refractivity contribution in [2.75, 3.05) is 18.8 Å². The molecule has 1 heterocycles. The Morgan fingerprint density at radius 2 is 1.70 bits per heavy atom. The molecule has 1 saturated heterocycles. The smallest absolute Gasteiger partial charge is 0.230 e. The van der Waals surface area contributed by atoms with Crippen LogP contribution in [0.15, 0.2) is 30.3 Å². The average molecular weight is 395 g/mol. The van der Waals surface area contributed by atoms with E-state index in [2.05, 4.69) is 26.1 Å². The fourth-order valence-electron chi connectivity index (χ4n) is 3.75. The summed E-state index contributed by atoms with van der Waals surface area (Å²) in [5.74, 6) is 0.734. The Kier molecular flexibility index (Phi) is 7.46. The standard InChI is InChI=1S/C21H34N2O3S/c1-5-27(25,26)23-15-13-21(14-16-23,19-9-7-6-8-10-19)20(24)22-18(4)12-11-17(2)3/h6-10,17-18H,5,11-16H2,1-4H3,(H,22,24). The molecular weight excluding hydrogens is 360 g/mol. The Bertz CT molecular complexity index is 708. The van der Waals surface area contributed by atoms with E-state index >= 15 is 0 Å². The molecule has 0 saturated carbocycles. The number of nitrogens with zero attached hydrogens (tertiary/aromatic N) is 1. The molecule has 1 fully saturated rings. The number of sulfonamides is 1. The Morgan fingerprint density at radius 1 is 1.11 bits per heavy atom. The van der Waals surface area contributed by atoms with Gasteiger partial charge < -0.3 is 5.32 Å². The lowest BCUT2D eigenvalue weighted by atomic mass is 9.72. The van der Waals surface area contributed by atoms with Gasteiger partial charge in [0, 0.05) is 19.1 Å². The summed E-state index contributed by atoms with van der Waals surface area (Å²) in [6.45, 7) is 8.86. The Labute approximate surface area is 164 Å². The lowest BCUT2D eigenvalue weighted by molar-refractivity contribution is -0.129. The van der Waals surface area contributed by atoms with Gasteiger partial charge in [-0.25, -0.2) is 12.7 Å². The molecule has 1 atom stereocenters. The number of piperidine rings is 1. The minimum atomic E-state index is -3.22. The molecule has 0 radical (unpaired) electrons. The largest absolute Gasteiger partial charge is 0.353 e. The van der Waals surface area contributed by atoms with Gasteiger partial charge in [0.25, 0.3) is 0 Å². The van der Waals surface area contributed by atoms with Crippen molar-refractivity contribution in [1.29, 1.82) is 0 Å². The van der Waals surface area contributed by atoms with Crippen LogP contribution >= 0.6 is 0 Å². The van der Waals surface area contributed by atoms with Crippen molar-refractivity contribution in [2.24, 2.45) is 5.92 Å². The third kappa shape index (κ3) is 5.32. The second-order valence-corrected chi connectivity index (χ2v) is 10.4. The number of hydrogen-bond donors (Lipinski definition) is 1. The Morgan fingerprint density at radius 3 is 2.22 bits per heavy atom. The molecule has 0 spiro atoms. The molecule has 152 valence electrons.